The first kappa shape index (κ1) is 9.28. The molecule has 0 spiro atoms. The normalized spacial score (nSPS) is 11.2. The Morgan fingerprint density at radius 1 is 1.33 bits per heavy atom. The van der Waals surface area contributed by atoms with Crippen LogP contribution in [0.5, 0.6) is 5.75 Å². The number of benzene rings is 1. The smallest absolute Gasteiger partial charge is 0.368 e. The molecule has 0 unspecified atom stereocenters. The quantitative estimate of drug-likeness (QED) is 0.698. The molecule has 0 amide bonds. The van der Waals surface area contributed by atoms with Crippen molar-refractivity contribution in [2.24, 2.45) is 0 Å². The van der Waals surface area contributed by atoms with E-state index >= 15 is 0 Å². The second-order valence-electron chi connectivity index (χ2n) is 1.91. The van der Waals surface area contributed by atoms with Crippen LogP contribution >= 0.6 is 10.7 Å². The molecule has 0 aliphatic heterocycles. The van der Waals surface area contributed by atoms with Gasteiger partial charge < -0.3 is 4.18 Å². The molecule has 0 heterocycles. The minimum atomic E-state index is -4.17. The molecule has 1 aromatic carbocycles. The summed E-state index contributed by atoms with van der Waals surface area (Å²) >= 11 is 0. The first-order chi connectivity index (χ1) is 5.49. The Balaban J connectivity index is 2.98. The molecular weight excluding hydrogens is 207 g/mol. The number of hydrogen-bond donors (Lipinski definition) is 0. The molecule has 6 heteroatoms. The lowest BCUT2D eigenvalue weighted by Crippen LogP contribution is -2.01. The second kappa shape index (κ2) is 3.28. The van der Waals surface area contributed by atoms with Gasteiger partial charge in [-0.05, 0) is 12.1 Å². The molecule has 66 valence electrons. The van der Waals surface area contributed by atoms with Crippen LogP contribution in [-0.4, -0.2) is 8.42 Å². The summed E-state index contributed by atoms with van der Waals surface area (Å²) in [7, 11) is 0.556. The van der Waals surface area contributed by atoms with Gasteiger partial charge in [0.15, 0.2) is 11.6 Å². The standard InChI is InChI=1S/C6H4ClFO3S/c7-12(9,10)11-6-4-2-1-3-5(6)8/h1-4H. The molecule has 12 heavy (non-hydrogen) atoms. The van der Waals surface area contributed by atoms with Crippen LogP contribution in [-0.2, 0) is 9.33 Å². The van der Waals surface area contributed by atoms with Gasteiger partial charge in [0, 0.05) is 0 Å². The molecule has 0 saturated heterocycles. The van der Waals surface area contributed by atoms with Crippen molar-refractivity contribution < 1.29 is 17.0 Å². The zero-order chi connectivity index (χ0) is 9.19. The summed E-state index contributed by atoms with van der Waals surface area (Å²) < 4.78 is 37.4. The molecule has 0 atom stereocenters. The molecule has 0 aromatic heterocycles. The molecule has 3 nitrogen and oxygen atoms in total. The fraction of sp³-hybridized carbons (Fsp3) is 0. The molecule has 1 aromatic rings. The van der Waals surface area contributed by atoms with Crippen molar-refractivity contribution in [3.8, 4) is 5.75 Å². The second-order valence-corrected chi connectivity index (χ2v) is 3.99. The van der Waals surface area contributed by atoms with Gasteiger partial charge in [0.25, 0.3) is 0 Å². The number of hydrogen-bond acceptors (Lipinski definition) is 3. The van der Waals surface area contributed by atoms with E-state index in [2.05, 4.69) is 4.18 Å². The third-order valence-corrected chi connectivity index (χ3v) is 1.59. The minimum absolute atomic E-state index is 0.410. The van der Waals surface area contributed by atoms with Crippen LogP contribution in [0, 0.1) is 5.82 Å². The highest BCUT2D eigenvalue weighted by Gasteiger charge is 2.10. The number of halogens is 2. The maximum Gasteiger partial charge on any atom is 0.401 e. The average Bonchev–Trinajstić information content (AvgIpc) is 1.91. The molecule has 0 aliphatic rings. The van der Waals surface area contributed by atoms with Crippen molar-refractivity contribution in [1.82, 2.24) is 0 Å². The van der Waals surface area contributed by atoms with E-state index in [9.17, 15) is 12.8 Å². The Bertz CT molecular complexity index is 376. The van der Waals surface area contributed by atoms with Gasteiger partial charge in [0.1, 0.15) is 0 Å². The maximum atomic E-state index is 12.7. The molecule has 0 aliphatic carbocycles. The minimum Gasteiger partial charge on any atom is -0.368 e. The summed E-state index contributed by atoms with van der Waals surface area (Å²) in [5.74, 6) is -1.19. The fourth-order valence-electron chi connectivity index (χ4n) is 0.620. The van der Waals surface area contributed by atoms with Gasteiger partial charge in [-0.2, -0.15) is 8.42 Å². The zero-order valence-electron chi connectivity index (χ0n) is 5.70. The molecule has 0 fully saturated rings. The Morgan fingerprint density at radius 2 is 1.92 bits per heavy atom. The van der Waals surface area contributed by atoms with Crippen molar-refractivity contribution in [2.75, 3.05) is 0 Å². The van der Waals surface area contributed by atoms with E-state index in [1.54, 1.807) is 0 Å². The van der Waals surface area contributed by atoms with Crippen molar-refractivity contribution in [3.05, 3.63) is 30.1 Å². The number of rotatable bonds is 2. The molecule has 0 saturated carbocycles. The molecule has 0 N–H and O–H groups in total. The summed E-state index contributed by atoms with van der Waals surface area (Å²) in [6, 6.07) is 5.07. The Labute approximate surface area is 73.4 Å². The molecule has 0 radical (unpaired) electrons. The van der Waals surface area contributed by atoms with E-state index in [0.717, 1.165) is 12.1 Å². The van der Waals surface area contributed by atoms with Crippen LogP contribution in [0.15, 0.2) is 24.3 Å². The van der Waals surface area contributed by atoms with Crippen LogP contribution in [0.4, 0.5) is 4.39 Å². The zero-order valence-corrected chi connectivity index (χ0v) is 7.27. The van der Waals surface area contributed by atoms with Crippen LogP contribution in [0.1, 0.15) is 0 Å². The SMILES string of the molecule is O=S(=O)(Cl)Oc1ccccc1F. The van der Waals surface area contributed by atoms with Crippen LogP contribution in [0.3, 0.4) is 0 Å². The van der Waals surface area contributed by atoms with Gasteiger partial charge in [-0.15, -0.1) is 0 Å². The van der Waals surface area contributed by atoms with Crippen LogP contribution < -0.4 is 4.18 Å². The highest BCUT2D eigenvalue weighted by Crippen LogP contribution is 2.18. The van der Waals surface area contributed by atoms with Gasteiger partial charge >= 0.3 is 9.33 Å². The van der Waals surface area contributed by atoms with Crippen molar-refractivity contribution in [3.63, 3.8) is 0 Å². The third-order valence-electron chi connectivity index (χ3n) is 1.03. The molecular formula is C6H4ClFO3S. The molecule has 1 rings (SSSR count). The van der Waals surface area contributed by atoms with Crippen molar-refractivity contribution in [2.45, 2.75) is 0 Å². The summed E-state index contributed by atoms with van der Waals surface area (Å²) in [5, 5.41) is 0. The lowest BCUT2D eigenvalue weighted by Gasteiger charge is -2.00. The predicted molar refractivity (Wildman–Crippen MR) is 41.8 cm³/mol. The summed E-state index contributed by atoms with van der Waals surface area (Å²) in [6.07, 6.45) is 0. The highest BCUT2D eigenvalue weighted by molar-refractivity contribution is 8.10. The fourth-order valence-corrected chi connectivity index (χ4v) is 1.17. The van der Waals surface area contributed by atoms with Crippen LogP contribution in [0.25, 0.3) is 0 Å². The van der Waals surface area contributed by atoms with Gasteiger partial charge in [0.05, 0.1) is 10.7 Å². The number of para-hydroxylation sites is 1. The largest absolute Gasteiger partial charge is 0.401 e. The molecule has 0 bridgehead atoms. The summed E-state index contributed by atoms with van der Waals surface area (Å²) in [4.78, 5) is 0. The first-order valence-electron chi connectivity index (χ1n) is 2.87. The first-order valence-corrected chi connectivity index (χ1v) is 5.11. The summed E-state index contributed by atoms with van der Waals surface area (Å²) in [6.45, 7) is 0. The third kappa shape index (κ3) is 2.67. The van der Waals surface area contributed by atoms with Crippen LogP contribution in [0.2, 0.25) is 0 Å². The maximum absolute atomic E-state index is 12.7. The van der Waals surface area contributed by atoms with E-state index in [4.69, 9.17) is 10.7 Å². The Hall–Kier alpha value is -0.810. The Morgan fingerprint density at radius 3 is 2.42 bits per heavy atom. The van der Waals surface area contributed by atoms with E-state index < -0.39 is 20.9 Å². The Kier molecular flexibility index (Phi) is 2.54. The highest BCUT2D eigenvalue weighted by atomic mass is 35.7. The van der Waals surface area contributed by atoms with Gasteiger partial charge in [-0.25, -0.2) is 4.39 Å². The average molecular weight is 211 g/mol. The summed E-state index contributed by atoms with van der Waals surface area (Å²) in [5.41, 5.74) is 0. The van der Waals surface area contributed by atoms with E-state index in [0.29, 0.717) is 0 Å². The lowest BCUT2D eigenvalue weighted by molar-refractivity contribution is 0.475. The van der Waals surface area contributed by atoms with Crippen molar-refractivity contribution >= 4 is 20.0 Å². The van der Waals surface area contributed by atoms with E-state index in [-0.39, 0.29) is 0 Å². The topological polar surface area (TPSA) is 43.4 Å². The predicted octanol–water partition coefficient (Wildman–Crippen LogP) is 1.69. The van der Waals surface area contributed by atoms with Gasteiger partial charge in [-0.3, -0.25) is 0 Å². The van der Waals surface area contributed by atoms with Gasteiger partial charge in [-0.1, -0.05) is 12.1 Å². The lowest BCUT2D eigenvalue weighted by atomic mass is 10.3. The monoisotopic (exact) mass is 210 g/mol. The van der Waals surface area contributed by atoms with Crippen molar-refractivity contribution in [1.29, 1.82) is 0 Å². The van der Waals surface area contributed by atoms with E-state index in [1.807, 2.05) is 0 Å². The van der Waals surface area contributed by atoms with Gasteiger partial charge in [0.2, 0.25) is 0 Å². The van der Waals surface area contributed by atoms with E-state index in [1.165, 1.54) is 12.1 Å².